The first-order chi connectivity index (χ1) is 8.00. The molecule has 0 amide bonds. The first-order valence-corrected chi connectivity index (χ1v) is 6.26. The van der Waals surface area contributed by atoms with Gasteiger partial charge < -0.3 is 5.73 Å². The van der Waals surface area contributed by atoms with Gasteiger partial charge in [-0.1, -0.05) is 34.1 Å². The highest BCUT2D eigenvalue weighted by atomic mass is 79.9. The fourth-order valence-corrected chi connectivity index (χ4v) is 2.22. The molecule has 2 N–H and O–H groups in total. The van der Waals surface area contributed by atoms with Crippen molar-refractivity contribution in [3.8, 4) is 0 Å². The van der Waals surface area contributed by atoms with Gasteiger partial charge in [0, 0.05) is 16.9 Å². The van der Waals surface area contributed by atoms with Gasteiger partial charge in [-0.05, 0) is 42.7 Å². The first kappa shape index (κ1) is 12.3. The second-order valence-electron chi connectivity index (χ2n) is 4.46. The molecule has 2 nitrogen and oxygen atoms in total. The summed E-state index contributed by atoms with van der Waals surface area (Å²) >= 11 is 3.47. The number of halogens is 1. The molecule has 0 aliphatic heterocycles. The highest BCUT2D eigenvalue weighted by Crippen LogP contribution is 2.28. The largest absolute Gasteiger partial charge is 0.318 e. The first-order valence-electron chi connectivity index (χ1n) is 5.47. The van der Waals surface area contributed by atoms with Gasteiger partial charge in [-0.25, -0.2) is 0 Å². The molecule has 0 saturated carbocycles. The number of rotatable bonds is 2. The Hall–Kier alpha value is -1.19. The second-order valence-corrected chi connectivity index (χ2v) is 5.38. The minimum Gasteiger partial charge on any atom is -0.318 e. The lowest BCUT2D eigenvalue weighted by molar-refractivity contribution is 0.599. The van der Waals surface area contributed by atoms with E-state index >= 15 is 0 Å². The third-order valence-electron chi connectivity index (χ3n) is 2.90. The predicted molar refractivity (Wildman–Crippen MR) is 73.8 cm³/mol. The van der Waals surface area contributed by atoms with E-state index in [0.29, 0.717) is 0 Å². The molecule has 0 aliphatic carbocycles. The molecule has 0 saturated heterocycles. The van der Waals surface area contributed by atoms with E-state index in [-0.39, 0.29) is 0 Å². The smallest absolute Gasteiger partial charge is 0.0652 e. The van der Waals surface area contributed by atoms with Gasteiger partial charge in [-0.3, -0.25) is 4.98 Å². The van der Waals surface area contributed by atoms with Crippen molar-refractivity contribution >= 4 is 15.9 Å². The van der Waals surface area contributed by atoms with E-state index in [0.717, 1.165) is 21.2 Å². The van der Waals surface area contributed by atoms with Crippen molar-refractivity contribution in [3.05, 3.63) is 63.9 Å². The summed E-state index contributed by atoms with van der Waals surface area (Å²) in [4.78, 5) is 4.21. The summed E-state index contributed by atoms with van der Waals surface area (Å²) < 4.78 is 1.03. The number of hydrogen-bond acceptors (Lipinski definition) is 2. The van der Waals surface area contributed by atoms with Crippen LogP contribution < -0.4 is 5.73 Å². The predicted octanol–water partition coefficient (Wildman–Crippen LogP) is 3.37. The van der Waals surface area contributed by atoms with Gasteiger partial charge in [0.15, 0.2) is 0 Å². The summed E-state index contributed by atoms with van der Waals surface area (Å²) in [6, 6.07) is 10.1. The maximum atomic E-state index is 6.44. The number of nitrogens with two attached hydrogens (primary N) is 1. The summed E-state index contributed by atoms with van der Waals surface area (Å²) in [5, 5.41) is 0. The van der Waals surface area contributed by atoms with E-state index in [1.54, 1.807) is 0 Å². The summed E-state index contributed by atoms with van der Waals surface area (Å²) in [7, 11) is 0. The van der Waals surface area contributed by atoms with E-state index in [2.05, 4.69) is 27.0 Å². The number of nitrogens with zero attached hydrogens (tertiary/aromatic N) is 1. The Labute approximate surface area is 110 Å². The van der Waals surface area contributed by atoms with Crippen LogP contribution >= 0.6 is 15.9 Å². The fourth-order valence-electron chi connectivity index (χ4n) is 1.82. The van der Waals surface area contributed by atoms with Crippen LogP contribution in [0.15, 0.2) is 47.2 Å². The van der Waals surface area contributed by atoms with Crippen molar-refractivity contribution in [1.29, 1.82) is 0 Å². The molecule has 1 heterocycles. The molecular weight excluding hydrogens is 276 g/mol. The monoisotopic (exact) mass is 290 g/mol. The maximum absolute atomic E-state index is 6.44. The highest BCUT2D eigenvalue weighted by Gasteiger charge is 2.24. The summed E-state index contributed by atoms with van der Waals surface area (Å²) in [6.45, 7) is 4.03. The molecule has 88 valence electrons. The molecule has 17 heavy (non-hydrogen) atoms. The molecular formula is C14H15BrN2. The molecule has 0 fully saturated rings. The maximum Gasteiger partial charge on any atom is 0.0652 e. The van der Waals surface area contributed by atoms with Gasteiger partial charge in [0.05, 0.1) is 5.54 Å². The van der Waals surface area contributed by atoms with E-state index in [1.165, 1.54) is 0 Å². The van der Waals surface area contributed by atoms with Crippen molar-refractivity contribution in [2.45, 2.75) is 19.4 Å². The number of benzene rings is 1. The van der Waals surface area contributed by atoms with Crippen LogP contribution in [-0.2, 0) is 5.54 Å². The van der Waals surface area contributed by atoms with Crippen LogP contribution in [0.2, 0.25) is 0 Å². The standard InChI is InChI=1S/C14H15BrN2/c1-10-6-12(9-17-8-10)14(2,16)11-4-3-5-13(15)7-11/h3-9H,16H2,1-2H3. The molecule has 1 aromatic carbocycles. The average molecular weight is 291 g/mol. The molecule has 0 aliphatic rings. The van der Waals surface area contributed by atoms with E-state index in [9.17, 15) is 0 Å². The Morgan fingerprint density at radius 2 is 1.94 bits per heavy atom. The van der Waals surface area contributed by atoms with Gasteiger partial charge in [0.25, 0.3) is 0 Å². The number of aromatic nitrogens is 1. The van der Waals surface area contributed by atoms with E-state index in [4.69, 9.17) is 5.73 Å². The molecule has 3 heteroatoms. The zero-order valence-corrected chi connectivity index (χ0v) is 11.5. The van der Waals surface area contributed by atoms with Gasteiger partial charge in [0.1, 0.15) is 0 Å². The van der Waals surface area contributed by atoms with Crippen molar-refractivity contribution in [2.75, 3.05) is 0 Å². The third kappa shape index (κ3) is 2.56. The molecule has 1 atom stereocenters. The molecule has 0 radical (unpaired) electrons. The SMILES string of the molecule is Cc1cncc(C(C)(N)c2cccc(Br)c2)c1. The Morgan fingerprint density at radius 1 is 1.18 bits per heavy atom. The van der Waals surface area contributed by atoms with Crippen molar-refractivity contribution < 1.29 is 0 Å². The lowest BCUT2D eigenvalue weighted by Gasteiger charge is -2.26. The Kier molecular flexibility index (Phi) is 3.31. The minimum absolute atomic E-state index is 0.525. The third-order valence-corrected chi connectivity index (χ3v) is 3.39. The number of hydrogen-bond donors (Lipinski definition) is 1. The highest BCUT2D eigenvalue weighted by molar-refractivity contribution is 9.10. The van der Waals surface area contributed by atoms with E-state index in [1.807, 2.05) is 50.5 Å². The minimum atomic E-state index is -0.525. The molecule has 1 aromatic heterocycles. The molecule has 1 unspecified atom stereocenters. The second kappa shape index (κ2) is 4.59. The average Bonchev–Trinajstić information content (AvgIpc) is 2.29. The van der Waals surface area contributed by atoms with Crippen LogP contribution in [0.5, 0.6) is 0 Å². The summed E-state index contributed by atoms with van der Waals surface area (Å²) in [5.74, 6) is 0. The normalized spacial score (nSPS) is 14.4. The lowest BCUT2D eigenvalue weighted by Crippen LogP contribution is -2.34. The van der Waals surface area contributed by atoms with E-state index < -0.39 is 5.54 Å². The van der Waals surface area contributed by atoms with Gasteiger partial charge in [0.2, 0.25) is 0 Å². The summed E-state index contributed by atoms with van der Waals surface area (Å²) in [5.41, 5.74) is 9.12. The topological polar surface area (TPSA) is 38.9 Å². The molecule has 0 spiro atoms. The Morgan fingerprint density at radius 3 is 2.59 bits per heavy atom. The molecule has 2 aromatic rings. The van der Waals surface area contributed by atoms with Crippen molar-refractivity contribution in [1.82, 2.24) is 4.98 Å². The van der Waals surface area contributed by atoms with Crippen LogP contribution in [0.25, 0.3) is 0 Å². The Balaban J connectivity index is 2.49. The number of pyridine rings is 1. The van der Waals surface area contributed by atoms with Crippen LogP contribution in [-0.4, -0.2) is 4.98 Å². The number of aryl methyl sites for hydroxylation is 1. The Bertz CT molecular complexity index is 488. The van der Waals surface area contributed by atoms with Crippen molar-refractivity contribution in [2.24, 2.45) is 5.73 Å². The quantitative estimate of drug-likeness (QED) is 0.921. The van der Waals surface area contributed by atoms with Gasteiger partial charge in [-0.2, -0.15) is 0 Å². The zero-order chi connectivity index (χ0) is 12.5. The van der Waals surface area contributed by atoms with Gasteiger partial charge in [-0.15, -0.1) is 0 Å². The van der Waals surface area contributed by atoms with Crippen LogP contribution in [0, 0.1) is 6.92 Å². The van der Waals surface area contributed by atoms with Crippen molar-refractivity contribution in [3.63, 3.8) is 0 Å². The zero-order valence-electron chi connectivity index (χ0n) is 9.94. The lowest BCUT2D eigenvalue weighted by atomic mass is 9.86. The van der Waals surface area contributed by atoms with Crippen LogP contribution in [0.1, 0.15) is 23.6 Å². The van der Waals surface area contributed by atoms with Crippen LogP contribution in [0.4, 0.5) is 0 Å². The molecule has 2 rings (SSSR count). The van der Waals surface area contributed by atoms with Gasteiger partial charge >= 0.3 is 0 Å². The fraction of sp³-hybridized carbons (Fsp3) is 0.214. The summed E-state index contributed by atoms with van der Waals surface area (Å²) in [6.07, 6.45) is 3.66. The molecule has 0 bridgehead atoms. The van der Waals surface area contributed by atoms with Crippen LogP contribution in [0.3, 0.4) is 0 Å².